The number of carbonyl (C=O) groups excluding carboxylic acids is 2. The number of amides is 2. The third-order valence-electron chi connectivity index (χ3n) is 5.51. The zero-order valence-corrected chi connectivity index (χ0v) is 17.5. The molecule has 3 rings (SSSR count). The number of benzene rings is 2. The monoisotopic (exact) mass is 393 g/mol. The molecule has 0 N–H and O–H groups in total. The lowest BCUT2D eigenvalue weighted by Gasteiger charge is -2.30. The highest BCUT2D eigenvalue weighted by Gasteiger charge is 2.20. The number of hydrogen-bond donors (Lipinski definition) is 0. The average molecular weight is 394 g/mol. The van der Waals surface area contributed by atoms with Crippen molar-refractivity contribution in [2.24, 2.45) is 0 Å². The van der Waals surface area contributed by atoms with Crippen LogP contribution in [0.3, 0.4) is 0 Å². The van der Waals surface area contributed by atoms with Gasteiger partial charge in [0, 0.05) is 44.5 Å². The summed E-state index contributed by atoms with van der Waals surface area (Å²) in [6.45, 7) is 6.85. The molecule has 0 bridgehead atoms. The molecule has 2 aromatic carbocycles. The molecule has 0 unspecified atom stereocenters. The van der Waals surface area contributed by atoms with E-state index in [0.717, 1.165) is 24.3 Å². The van der Waals surface area contributed by atoms with E-state index in [-0.39, 0.29) is 18.4 Å². The van der Waals surface area contributed by atoms with Gasteiger partial charge in [0.2, 0.25) is 11.8 Å². The molecule has 0 aromatic heterocycles. The van der Waals surface area contributed by atoms with Crippen LogP contribution in [0.25, 0.3) is 0 Å². The van der Waals surface area contributed by atoms with Crippen molar-refractivity contribution in [1.29, 1.82) is 0 Å². The Hall–Kier alpha value is -2.82. The zero-order valence-electron chi connectivity index (χ0n) is 17.5. The molecule has 0 aliphatic carbocycles. The first kappa shape index (κ1) is 20.9. The Kier molecular flexibility index (Phi) is 7.28. The van der Waals surface area contributed by atoms with Crippen molar-refractivity contribution in [3.05, 3.63) is 60.2 Å². The minimum absolute atomic E-state index is 0.0494. The predicted molar refractivity (Wildman–Crippen MR) is 118 cm³/mol. The standard InChI is InChI=1S/C24H31N3O2/c1-3-25(18-21-10-6-4-7-11-21)24(29)19-27(20(2)28)23-14-12-22(13-15-23)26-16-8-5-9-17-26/h4,6-7,10-15H,3,5,8-9,16-19H2,1-2H3. The second kappa shape index (κ2) is 10.1. The molecule has 1 aliphatic heterocycles. The molecule has 154 valence electrons. The normalized spacial score (nSPS) is 13.8. The SMILES string of the molecule is CCN(Cc1ccccc1)C(=O)CN(C(C)=O)c1ccc(N2CCCCC2)cc1. The Morgan fingerprint density at radius 1 is 0.931 bits per heavy atom. The van der Waals surface area contributed by atoms with E-state index in [4.69, 9.17) is 0 Å². The molecule has 5 nitrogen and oxygen atoms in total. The Morgan fingerprint density at radius 3 is 2.17 bits per heavy atom. The first-order valence-electron chi connectivity index (χ1n) is 10.5. The van der Waals surface area contributed by atoms with Gasteiger partial charge in [0.15, 0.2) is 0 Å². The molecule has 2 aromatic rings. The van der Waals surface area contributed by atoms with E-state index in [1.165, 1.54) is 31.9 Å². The lowest BCUT2D eigenvalue weighted by Crippen LogP contribution is -2.42. The fourth-order valence-corrected chi connectivity index (χ4v) is 3.80. The molecule has 1 aliphatic rings. The minimum Gasteiger partial charge on any atom is -0.372 e. The average Bonchev–Trinajstić information content (AvgIpc) is 2.77. The van der Waals surface area contributed by atoms with E-state index in [1.807, 2.05) is 49.4 Å². The summed E-state index contributed by atoms with van der Waals surface area (Å²) in [6, 6.07) is 17.9. The van der Waals surface area contributed by atoms with Gasteiger partial charge >= 0.3 is 0 Å². The maximum atomic E-state index is 12.9. The topological polar surface area (TPSA) is 43.9 Å². The van der Waals surface area contributed by atoms with Gasteiger partial charge in [-0.2, -0.15) is 0 Å². The molecule has 0 saturated carbocycles. The van der Waals surface area contributed by atoms with Gasteiger partial charge in [0.05, 0.1) is 0 Å². The lowest BCUT2D eigenvalue weighted by atomic mass is 10.1. The van der Waals surface area contributed by atoms with Crippen LogP contribution >= 0.6 is 0 Å². The van der Waals surface area contributed by atoms with Crippen LogP contribution < -0.4 is 9.80 Å². The van der Waals surface area contributed by atoms with Gasteiger partial charge in [0.1, 0.15) is 6.54 Å². The minimum atomic E-state index is -0.125. The molecule has 0 radical (unpaired) electrons. The van der Waals surface area contributed by atoms with Gasteiger partial charge in [-0.15, -0.1) is 0 Å². The number of hydrogen-bond acceptors (Lipinski definition) is 3. The summed E-state index contributed by atoms with van der Waals surface area (Å²) >= 11 is 0. The van der Waals surface area contributed by atoms with Gasteiger partial charge in [-0.25, -0.2) is 0 Å². The zero-order chi connectivity index (χ0) is 20.6. The Bertz CT molecular complexity index is 799. The molecule has 1 saturated heterocycles. The second-order valence-electron chi connectivity index (χ2n) is 7.56. The fourth-order valence-electron chi connectivity index (χ4n) is 3.80. The van der Waals surface area contributed by atoms with E-state index in [2.05, 4.69) is 17.0 Å². The largest absolute Gasteiger partial charge is 0.372 e. The van der Waals surface area contributed by atoms with Crippen LogP contribution in [0.5, 0.6) is 0 Å². The van der Waals surface area contributed by atoms with Crippen molar-refractivity contribution in [1.82, 2.24) is 4.90 Å². The van der Waals surface area contributed by atoms with Crippen molar-refractivity contribution in [2.45, 2.75) is 39.7 Å². The second-order valence-corrected chi connectivity index (χ2v) is 7.56. The number of nitrogens with zero attached hydrogens (tertiary/aromatic N) is 3. The summed E-state index contributed by atoms with van der Waals surface area (Å²) in [7, 11) is 0. The van der Waals surface area contributed by atoms with E-state index in [0.29, 0.717) is 13.1 Å². The first-order valence-corrected chi connectivity index (χ1v) is 10.5. The van der Waals surface area contributed by atoms with Gasteiger partial charge in [-0.1, -0.05) is 30.3 Å². The van der Waals surface area contributed by atoms with Gasteiger partial charge in [-0.05, 0) is 56.0 Å². The van der Waals surface area contributed by atoms with Crippen LogP contribution in [-0.2, 0) is 16.1 Å². The van der Waals surface area contributed by atoms with Crippen molar-refractivity contribution in [3.63, 3.8) is 0 Å². The maximum absolute atomic E-state index is 12.9. The summed E-state index contributed by atoms with van der Waals surface area (Å²) in [4.78, 5) is 30.9. The van der Waals surface area contributed by atoms with Gasteiger partial charge < -0.3 is 14.7 Å². The van der Waals surface area contributed by atoms with Crippen LogP contribution in [-0.4, -0.2) is 42.9 Å². The number of carbonyl (C=O) groups is 2. The smallest absolute Gasteiger partial charge is 0.242 e. The Balaban J connectivity index is 1.68. The molecule has 2 amide bonds. The molecule has 29 heavy (non-hydrogen) atoms. The summed E-state index contributed by atoms with van der Waals surface area (Å²) < 4.78 is 0. The van der Waals surface area contributed by atoms with Crippen molar-refractivity contribution in [3.8, 4) is 0 Å². The molecular weight excluding hydrogens is 362 g/mol. The number of likely N-dealkylation sites (N-methyl/N-ethyl adjacent to an activating group) is 1. The van der Waals surface area contributed by atoms with Crippen LogP contribution in [0, 0.1) is 0 Å². The number of anilines is 2. The highest BCUT2D eigenvalue weighted by Crippen LogP contribution is 2.24. The van der Waals surface area contributed by atoms with Gasteiger partial charge in [-0.3, -0.25) is 9.59 Å². The predicted octanol–water partition coefficient (Wildman–Crippen LogP) is 4.08. The molecule has 0 atom stereocenters. The molecular formula is C24H31N3O2. The van der Waals surface area contributed by atoms with Crippen LogP contribution in [0.15, 0.2) is 54.6 Å². The van der Waals surface area contributed by atoms with Crippen LogP contribution in [0.2, 0.25) is 0 Å². The summed E-state index contributed by atoms with van der Waals surface area (Å²) in [5.74, 6) is -0.175. The summed E-state index contributed by atoms with van der Waals surface area (Å²) in [5, 5.41) is 0. The number of piperidine rings is 1. The van der Waals surface area contributed by atoms with Gasteiger partial charge in [0.25, 0.3) is 0 Å². The third-order valence-corrected chi connectivity index (χ3v) is 5.51. The Morgan fingerprint density at radius 2 is 1.59 bits per heavy atom. The van der Waals surface area contributed by atoms with Crippen LogP contribution in [0.1, 0.15) is 38.7 Å². The Labute approximate surface area is 173 Å². The van der Waals surface area contributed by atoms with Crippen molar-refractivity contribution in [2.75, 3.05) is 36.0 Å². The van der Waals surface area contributed by atoms with Crippen LogP contribution in [0.4, 0.5) is 11.4 Å². The maximum Gasteiger partial charge on any atom is 0.242 e. The fraction of sp³-hybridized carbons (Fsp3) is 0.417. The molecule has 1 fully saturated rings. The van der Waals surface area contributed by atoms with E-state index >= 15 is 0 Å². The van der Waals surface area contributed by atoms with E-state index < -0.39 is 0 Å². The molecule has 1 heterocycles. The number of rotatable bonds is 7. The molecule has 0 spiro atoms. The van der Waals surface area contributed by atoms with E-state index in [1.54, 1.807) is 9.80 Å². The quantitative estimate of drug-likeness (QED) is 0.712. The van der Waals surface area contributed by atoms with Crippen molar-refractivity contribution < 1.29 is 9.59 Å². The lowest BCUT2D eigenvalue weighted by molar-refractivity contribution is -0.131. The molecule has 5 heteroatoms. The first-order chi connectivity index (χ1) is 14.1. The highest BCUT2D eigenvalue weighted by atomic mass is 16.2. The highest BCUT2D eigenvalue weighted by molar-refractivity contribution is 5.97. The van der Waals surface area contributed by atoms with E-state index in [9.17, 15) is 9.59 Å². The third kappa shape index (κ3) is 5.59. The summed E-state index contributed by atoms with van der Waals surface area (Å²) in [6.07, 6.45) is 3.75. The summed E-state index contributed by atoms with van der Waals surface area (Å²) in [5.41, 5.74) is 3.04. The van der Waals surface area contributed by atoms with Crippen molar-refractivity contribution >= 4 is 23.2 Å².